The Bertz CT molecular complexity index is 2960. The first-order chi connectivity index (χ1) is 39.5. The summed E-state index contributed by atoms with van der Waals surface area (Å²) in [5.74, 6) is -0.268. The summed E-state index contributed by atoms with van der Waals surface area (Å²) >= 11 is 12.8. The number of ether oxygens (including phenoxy) is 2. The molecule has 0 aliphatic carbocycles. The van der Waals surface area contributed by atoms with Crippen LogP contribution in [0.25, 0.3) is 0 Å². The number of hydrogen-bond donors (Lipinski definition) is 6. The van der Waals surface area contributed by atoms with Gasteiger partial charge in [0.2, 0.25) is 20.0 Å². The Labute approximate surface area is 493 Å². The molecule has 4 aromatic carbocycles. The quantitative estimate of drug-likeness (QED) is 0.0449. The summed E-state index contributed by atoms with van der Waals surface area (Å²) in [6, 6.07) is 24.8. The zero-order valence-electron chi connectivity index (χ0n) is 46.7. The van der Waals surface area contributed by atoms with E-state index >= 15 is 0 Å². The van der Waals surface area contributed by atoms with Crippen molar-refractivity contribution in [3.05, 3.63) is 127 Å². The fraction of sp³-hybridized carbons (Fsp3) is 0.517. The van der Waals surface area contributed by atoms with E-state index in [1.165, 1.54) is 0 Å². The van der Waals surface area contributed by atoms with Crippen molar-refractivity contribution >= 4 is 55.3 Å². The number of carbonyl (C=O) groups excluding carboxylic acids is 2. The van der Waals surface area contributed by atoms with Gasteiger partial charge in [-0.1, -0.05) is 47.5 Å². The van der Waals surface area contributed by atoms with E-state index in [2.05, 4.69) is 62.4 Å². The van der Waals surface area contributed by atoms with Crippen LogP contribution in [0.1, 0.15) is 94.9 Å². The number of hydrogen-bond acceptors (Lipinski definition) is 14. The summed E-state index contributed by atoms with van der Waals surface area (Å²) in [6.45, 7) is 10.2. The van der Waals surface area contributed by atoms with Crippen molar-refractivity contribution in [3.8, 4) is 12.1 Å². The molecule has 82 heavy (non-hydrogen) atoms. The lowest BCUT2D eigenvalue weighted by Gasteiger charge is -2.33. The van der Waals surface area contributed by atoms with Gasteiger partial charge < -0.3 is 50.3 Å². The number of likely N-dealkylation sites (N-methyl/N-ethyl adjacent to an activating group) is 2. The van der Waals surface area contributed by atoms with Gasteiger partial charge in [-0.15, -0.1) is 0 Å². The molecule has 24 heteroatoms. The number of piperidine rings is 2. The van der Waals surface area contributed by atoms with Crippen LogP contribution in [0.4, 0.5) is 9.59 Å². The molecule has 0 bridgehead atoms. The number of urea groups is 2. The molecule has 0 radical (unpaired) electrons. The number of nitrogens with zero attached hydrogens (tertiary/aromatic N) is 6. The molecule has 2 saturated heterocycles. The summed E-state index contributed by atoms with van der Waals surface area (Å²) in [6.07, 6.45) is 4.03. The van der Waals surface area contributed by atoms with Crippen LogP contribution in [-0.4, -0.2) is 180 Å². The number of nitriles is 2. The minimum absolute atomic E-state index is 0.134. The molecule has 4 heterocycles. The number of likely N-dealkylation sites (tertiary alicyclic amines) is 2. The predicted octanol–water partition coefficient (Wildman–Crippen LogP) is 5.49. The maximum atomic E-state index is 13.6. The number of unbranched alkanes of at least 4 members (excludes halogenated alkanes) is 1. The van der Waals surface area contributed by atoms with E-state index in [0.29, 0.717) is 152 Å². The minimum atomic E-state index is -3.78. The molecule has 0 spiro atoms. The molecule has 4 amide bonds. The zero-order valence-corrected chi connectivity index (χ0v) is 49.9. The highest BCUT2D eigenvalue weighted by molar-refractivity contribution is 7.89. The van der Waals surface area contributed by atoms with E-state index < -0.39 is 20.0 Å². The summed E-state index contributed by atoms with van der Waals surface area (Å²) in [5, 5.41) is 31.7. The average Bonchev–Trinajstić information content (AvgIpc) is 3.67. The molecule has 8 rings (SSSR count). The van der Waals surface area contributed by atoms with Crippen LogP contribution in [0.5, 0.6) is 0 Å². The lowest BCUT2D eigenvalue weighted by atomic mass is 9.83. The van der Waals surface area contributed by atoms with Gasteiger partial charge in [0, 0.05) is 99.4 Å². The Kier molecular flexibility index (Phi) is 22.8. The van der Waals surface area contributed by atoms with E-state index in [9.17, 15) is 36.9 Å². The molecule has 442 valence electrons. The second-order valence-electron chi connectivity index (χ2n) is 21.7. The number of sulfonamides is 2. The van der Waals surface area contributed by atoms with Crippen molar-refractivity contribution in [3.63, 3.8) is 0 Å². The first kappa shape index (κ1) is 62.6. The SMILES string of the molecule is CN1Cc2c(C#N)cc(Cl)cc2C(c2cccc(S(=O)(=O)NC3CCN(CCOCCNC(=O)NCCCCNC(=O)NCCOCCN4CCC(NS(=O)(=O)c5cccc(C6CN(C)Cc7c(C#N)cc(Cl)cc76)c5)CC4)CC3)c2)C1. The molecular formula is C58H76Cl2N12O8S2. The van der Waals surface area contributed by atoms with E-state index in [0.717, 1.165) is 59.6 Å². The van der Waals surface area contributed by atoms with Crippen LogP contribution in [0.15, 0.2) is 82.6 Å². The van der Waals surface area contributed by atoms with Crippen molar-refractivity contribution in [1.82, 2.24) is 50.3 Å². The molecule has 2 atom stereocenters. The number of carbonyl (C=O) groups is 2. The number of halogens is 2. The lowest BCUT2D eigenvalue weighted by Crippen LogP contribution is -2.45. The highest BCUT2D eigenvalue weighted by Gasteiger charge is 2.32. The Morgan fingerprint density at radius 3 is 1.35 bits per heavy atom. The molecule has 6 N–H and O–H groups in total. The van der Waals surface area contributed by atoms with Crippen molar-refractivity contribution in [2.75, 3.05) is 119 Å². The van der Waals surface area contributed by atoms with Gasteiger partial charge in [-0.05, 0) is 161 Å². The molecule has 4 aliphatic heterocycles. The number of benzene rings is 4. The normalized spacial score (nSPS) is 18.7. The zero-order chi connectivity index (χ0) is 58.2. The Morgan fingerprint density at radius 2 is 0.963 bits per heavy atom. The summed E-state index contributed by atoms with van der Waals surface area (Å²) < 4.78 is 71.8. The Morgan fingerprint density at radius 1 is 0.573 bits per heavy atom. The standard InChI is InChI=1S/C58H76Cl2N12O8S2/c1-69-37-53(51-33-45(59)29-43(35-61)55(51)39-69)41-7-5-9-49(31-41)81(75,76)67-47-11-19-71(20-12-47)23-27-79-25-17-65-57(73)63-15-3-4-16-64-58(74)66-18-26-80-28-24-72-21-13-48(14-22-72)68-82(77,78)50-10-6-8-42(32-50)54-38-70(2)40-56-44(36-62)30-46(60)34-52(54)56/h5-10,29-34,47-48,53-54,67-68H,3-4,11-28,37-40H2,1-2H3,(H2,63,65,73)(H2,64,66,74). The molecule has 4 aromatic rings. The average molecular weight is 1200 g/mol. The van der Waals surface area contributed by atoms with E-state index in [1.54, 1.807) is 48.5 Å². The second kappa shape index (κ2) is 29.9. The van der Waals surface area contributed by atoms with Gasteiger partial charge in [-0.3, -0.25) is 0 Å². The fourth-order valence-corrected chi connectivity index (χ4v) is 14.5. The number of nitrogens with one attached hydrogen (secondary N) is 6. The second-order valence-corrected chi connectivity index (χ2v) is 26.0. The largest absolute Gasteiger partial charge is 0.378 e. The minimum Gasteiger partial charge on any atom is -0.378 e. The van der Waals surface area contributed by atoms with Gasteiger partial charge in [-0.2, -0.15) is 10.5 Å². The number of rotatable bonds is 25. The molecule has 0 aromatic heterocycles. The lowest BCUT2D eigenvalue weighted by molar-refractivity contribution is 0.0952. The topological polar surface area (TPSA) is 254 Å². The maximum Gasteiger partial charge on any atom is 0.314 e. The fourth-order valence-electron chi connectivity index (χ4n) is 11.3. The maximum absolute atomic E-state index is 13.6. The van der Waals surface area contributed by atoms with Crippen LogP contribution >= 0.6 is 23.2 Å². The first-order valence-corrected chi connectivity index (χ1v) is 31.9. The third kappa shape index (κ3) is 17.6. The van der Waals surface area contributed by atoms with E-state index in [1.807, 2.05) is 38.4 Å². The van der Waals surface area contributed by atoms with Gasteiger partial charge in [0.25, 0.3) is 0 Å². The van der Waals surface area contributed by atoms with E-state index in [4.69, 9.17) is 32.7 Å². The third-order valence-electron chi connectivity index (χ3n) is 15.6. The van der Waals surface area contributed by atoms with Crippen LogP contribution in [-0.2, 0) is 42.6 Å². The van der Waals surface area contributed by atoms with Crippen molar-refractivity contribution in [2.45, 2.75) is 85.3 Å². The molecule has 0 saturated carbocycles. The van der Waals surface area contributed by atoms with Crippen LogP contribution in [0, 0.1) is 22.7 Å². The van der Waals surface area contributed by atoms with Gasteiger partial charge in [0.1, 0.15) is 0 Å². The molecular weight excluding hydrogens is 1130 g/mol. The van der Waals surface area contributed by atoms with Crippen LogP contribution < -0.4 is 30.7 Å². The third-order valence-corrected chi connectivity index (χ3v) is 19.1. The van der Waals surface area contributed by atoms with Gasteiger partial charge >= 0.3 is 12.1 Å². The number of amides is 4. The Hall–Kier alpha value is -5.44. The van der Waals surface area contributed by atoms with Crippen molar-refractivity contribution < 1.29 is 35.9 Å². The highest BCUT2D eigenvalue weighted by Crippen LogP contribution is 2.39. The smallest absolute Gasteiger partial charge is 0.314 e. The Balaban J connectivity index is 0.602. The predicted molar refractivity (Wildman–Crippen MR) is 315 cm³/mol. The number of fused-ring (bicyclic) bond motifs is 2. The van der Waals surface area contributed by atoms with Gasteiger partial charge in [0.15, 0.2) is 0 Å². The monoisotopic (exact) mass is 1200 g/mol. The molecule has 4 aliphatic rings. The van der Waals surface area contributed by atoms with Crippen molar-refractivity contribution in [1.29, 1.82) is 10.5 Å². The molecule has 2 unspecified atom stereocenters. The van der Waals surface area contributed by atoms with Gasteiger partial charge in [-0.25, -0.2) is 35.9 Å². The van der Waals surface area contributed by atoms with Crippen LogP contribution in [0.3, 0.4) is 0 Å². The van der Waals surface area contributed by atoms with Gasteiger partial charge in [0.05, 0.1) is 59.5 Å². The summed E-state index contributed by atoms with van der Waals surface area (Å²) in [7, 11) is -3.59. The summed E-state index contributed by atoms with van der Waals surface area (Å²) in [5.41, 5.74) is 6.53. The first-order valence-electron chi connectivity index (χ1n) is 28.2. The summed E-state index contributed by atoms with van der Waals surface area (Å²) in [4.78, 5) is 33.7. The molecule has 2 fully saturated rings. The molecule has 20 nitrogen and oxygen atoms in total. The van der Waals surface area contributed by atoms with Crippen LogP contribution in [0.2, 0.25) is 10.0 Å². The van der Waals surface area contributed by atoms with E-state index in [-0.39, 0.29) is 45.8 Å². The highest BCUT2D eigenvalue weighted by atomic mass is 35.5. The van der Waals surface area contributed by atoms with Crippen molar-refractivity contribution in [2.24, 2.45) is 0 Å².